The molecule has 0 aliphatic carbocycles. The fraction of sp³-hybridized carbons (Fsp3) is 0.438. The molecule has 8 heteroatoms. The van der Waals surface area contributed by atoms with Crippen molar-refractivity contribution in [1.29, 1.82) is 0 Å². The number of hydrogen-bond donors (Lipinski definition) is 1. The Bertz CT molecular complexity index is 805. The number of carbonyl (C=O) groups is 2. The zero-order chi connectivity index (χ0) is 16.7. The standard InChI is InChI=1S/C16H17N3O5/c20-13(4-3-11-2-1-5-23-11)18-7-16(8-18)9-19(10-16)14(21)12-6-24-15(22)17-12/h1-2,5-6H,3-4,7-10H2,(H,17,22). The van der Waals surface area contributed by atoms with E-state index >= 15 is 0 Å². The second-order valence-electron chi connectivity index (χ2n) is 6.55. The van der Waals surface area contributed by atoms with Crippen LogP contribution in [-0.2, 0) is 11.2 Å². The molecule has 0 aromatic carbocycles. The van der Waals surface area contributed by atoms with E-state index in [1.165, 1.54) is 0 Å². The number of oxazole rings is 1. The lowest BCUT2D eigenvalue weighted by atomic mass is 9.72. The van der Waals surface area contributed by atoms with Crippen LogP contribution in [0.1, 0.15) is 22.7 Å². The van der Waals surface area contributed by atoms with E-state index in [0.29, 0.717) is 39.0 Å². The highest BCUT2D eigenvalue weighted by atomic mass is 16.4. The summed E-state index contributed by atoms with van der Waals surface area (Å²) >= 11 is 0. The van der Waals surface area contributed by atoms with Gasteiger partial charge in [0.1, 0.15) is 17.7 Å². The number of aromatic nitrogens is 1. The van der Waals surface area contributed by atoms with Gasteiger partial charge in [0, 0.05) is 44.4 Å². The Kier molecular flexibility index (Phi) is 3.33. The quantitative estimate of drug-likeness (QED) is 0.878. The summed E-state index contributed by atoms with van der Waals surface area (Å²) in [5, 5.41) is 0. The third-order valence-corrected chi connectivity index (χ3v) is 4.66. The van der Waals surface area contributed by atoms with E-state index < -0.39 is 5.76 Å². The van der Waals surface area contributed by atoms with E-state index in [9.17, 15) is 14.4 Å². The first-order valence-electron chi connectivity index (χ1n) is 7.82. The van der Waals surface area contributed by atoms with Crippen LogP contribution >= 0.6 is 0 Å². The van der Waals surface area contributed by atoms with Crippen LogP contribution in [0.2, 0.25) is 0 Å². The van der Waals surface area contributed by atoms with Crippen molar-refractivity contribution in [2.75, 3.05) is 26.2 Å². The molecular formula is C16H17N3O5. The average Bonchev–Trinajstić information content (AvgIpc) is 3.13. The minimum Gasteiger partial charge on any atom is -0.469 e. The van der Waals surface area contributed by atoms with Gasteiger partial charge in [-0.2, -0.15) is 0 Å². The number of H-pyrrole nitrogens is 1. The number of amides is 2. The van der Waals surface area contributed by atoms with E-state index in [4.69, 9.17) is 4.42 Å². The highest BCUT2D eigenvalue weighted by molar-refractivity contribution is 5.92. The molecule has 2 aliphatic rings. The first kappa shape index (κ1) is 14.8. The van der Waals surface area contributed by atoms with E-state index in [-0.39, 0.29) is 22.9 Å². The SMILES string of the molecule is O=C(CCc1ccco1)N1CC2(C1)CN(C(=O)c1coc(=O)[nH]1)C2. The van der Waals surface area contributed by atoms with Gasteiger partial charge < -0.3 is 18.6 Å². The lowest BCUT2D eigenvalue weighted by Gasteiger charge is -2.60. The third kappa shape index (κ3) is 2.53. The Morgan fingerprint density at radius 2 is 1.92 bits per heavy atom. The Morgan fingerprint density at radius 1 is 1.17 bits per heavy atom. The molecule has 2 fully saturated rings. The summed E-state index contributed by atoms with van der Waals surface area (Å²) in [5.74, 6) is 0.0497. The summed E-state index contributed by atoms with van der Waals surface area (Å²) in [4.78, 5) is 41.0. The van der Waals surface area contributed by atoms with Crippen LogP contribution in [0.5, 0.6) is 0 Å². The maximum atomic E-state index is 12.1. The highest BCUT2D eigenvalue weighted by Gasteiger charge is 2.54. The van der Waals surface area contributed by atoms with Crippen molar-refractivity contribution < 1.29 is 18.4 Å². The number of nitrogens with zero attached hydrogens (tertiary/aromatic N) is 2. The van der Waals surface area contributed by atoms with Crippen molar-refractivity contribution in [3.63, 3.8) is 0 Å². The molecule has 0 unspecified atom stereocenters. The van der Waals surface area contributed by atoms with Crippen molar-refractivity contribution in [3.8, 4) is 0 Å². The summed E-state index contributed by atoms with van der Waals surface area (Å²) in [7, 11) is 0. The molecule has 24 heavy (non-hydrogen) atoms. The Hall–Kier alpha value is -2.77. The summed E-state index contributed by atoms with van der Waals surface area (Å²) in [6.45, 7) is 2.55. The number of carbonyl (C=O) groups excluding carboxylic acids is 2. The van der Waals surface area contributed by atoms with Gasteiger partial charge in [-0.25, -0.2) is 4.79 Å². The monoisotopic (exact) mass is 331 g/mol. The van der Waals surface area contributed by atoms with Crippen LogP contribution in [0.3, 0.4) is 0 Å². The summed E-state index contributed by atoms with van der Waals surface area (Å²) in [6, 6.07) is 3.67. The molecule has 0 bridgehead atoms. The normalized spacial score (nSPS) is 18.3. The lowest BCUT2D eigenvalue weighted by Crippen LogP contribution is -2.73. The molecule has 4 heterocycles. The number of aryl methyl sites for hydroxylation is 1. The molecule has 126 valence electrons. The van der Waals surface area contributed by atoms with E-state index in [2.05, 4.69) is 9.40 Å². The molecule has 0 saturated carbocycles. The van der Waals surface area contributed by atoms with Crippen molar-refractivity contribution in [2.45, 2.75) is 12.8 Å². The second kappa shape index (κ2) is 5.40. The van der Waals surface area contributed by atoms with Crippen molar-refractivity contribution in [1.82, 2.24) is 14.8 Å². The maximum Gasteiger partial charge on any atom is 0.416 e. The van der Waals surface area contributed by atoms with Crippen molar-refractivity contribution in [2.24, 2.45) is 5.41 Å². The topological polar surface area (TPSA) is 99.8 Å². The fourth-order valence-electron chi connectivity index (χ4n) is 3.45. The van der Waals surface area contributed by atoms with Crippen LogP contribution in [0.4, 0.5) is 0 Å². The van der Waals surface area contributed by atoms with Gasteiger partial charge in [0.15, 0.2) is 0 Å². The predicted molar refractivity (Wildman–Crippen MR) is 81.3 cm³/mol. The van der Waals surface area contributed by atoms with Gasteiger partial charge >= 0.3 is 5.76 Å². The van der Waals surface area contributed by atoms with Crippen LogP contribution in [-0.4, -0.2) is 52.8 Å². The lowest BCUT2D eigenvalue weighted by molar-refractivity contribution is -0.154. The fourth-order valence-corrected chi connectivity index (χ4v) is 3.45. The van der Waals surface area contributed by atoms with Gasteiger partial charge in [-0.3, -0.25) is 14.6 Å². The van der Waals surface area contributed by atoms with Gasteiger partial charge in [-0.1, -0.05) is 0 Å². The molecule has 0 radical (unpaired) electrons. The third-order valence-electron chi connectivity index (χ3n) is 4.66. The minimum absolute atomic E-state index is 0.0139. The molecule has 1 spiro atoms. The van der Waals surface area contributed by atoms with Gasteiger partial charge in [-0.05, 0) is 12.1 Å². The molecule has 2 saturated heterocycles. The molecule has 2 aromatic rings. The molecule has 4 rings (SSSR count). The van der Waals surface area contributed by atoms with Crippen LogP contribution in [0.25, 0.3) is 0 Å². The van der Waals surface area contributed by atoms with Crippen LogP contribution in [0, 0.1) is 5.41 Å². The molecule has 0 atom stereocenters. The zero-order valence-electron chi connectivity index (χ0n) is 13.0. The molecule has 8 nitrogen and oxygen atoms in total. The predicted octanol–water partition coefficient (Wildman–Crippen LogP) is 0.478. The average molecular weight is 331 g/mol. The number of aromatic amines is 1. The van der Waals surface area contributed by atoms with E-state index in [0.717, 1.165) is 12.0 Å². The number of hydrogen-bond acceptors (Lipinski definition) is 5. The first-order chi connectivity index (χ1) is 11.5. The Balaban J connectivity index is 1.24. The van der Waals surface area contributed by atoms with Gasteiger partial charge in [0.25, 0.3) is 5.91 Å². The minimum atomic E-state index is -0.634. The van der Waals surface area contributed by atoms with E-state index in [1.807, 2.05) is 17.0 Å². The highest BCUT2D eigenvalue weighted by Crippen LogP contribution is 2.40. The molecule has 1 N–H and O–H groups in total. The Labute approximate surface area is 137 Å². The zero-order valence-corrected chi connectivity index (χ0v) is 13.0. The smallest absolute Gasteiger partial charge is 0.416 e. The Morgan fingerprint density at radius 3 is 2.54 bits per heavy atom. The van der Waals surface area contributed by atoms with Crippen molar-refractivity contribution >= 4 is 11.8 Å². The van der Waals surface area contributed by atoms with Gasteiger partial charge in [0.2, 0.25) is 5.91 Å². The largest absolute Gasteiger partial charge is 0.469 e. The number of likely N-dealkylation sites (tertiary alicyclic amines) is 2. The summed E-state index contributed by atoms with van der Waals surface area (Å²) in [5.41, 5.74) is 0.181. The van der Waals surface area contributed by atoms with Crippen molar-refractivity contribution in [3.05, 3.63) is 46.7 Å². The van der Waals surface area contributed by atoms with E-state index in [1.54, 1.807) is 11.2 Å². The first-order valence-corrected chi connectivity index (χ1v) is 7.82. The number of rotatable bonds is 4. The van der Waals surface area contributed by atoms with Crippen LogP contribution < -0.4 is 5.76 Å². The molecule has 2 aromatic heterocycles. The number of nitrogens with one attached hydrogen (secondary N) is 1. The summed E-state index contributed by atoms with van der Waals surface area (Å²) in [6.07, 6.45) is 3.78. The molecule has 2 aliphatic heterocycles. The second-order valence-corrected chi connectivity index (χ2v) is 6.55. The van der Waals surface area contributed by atoms with Crippen LogP contribution in [0.15, 0.2) is 38.3 Å². The molecular weight excluding hydrogens is 314 g/mol. The number of furan rings is 1. The van der Waals surface area contributed by atoms with Gasteiger partial charge in [-0.15, -0.1) is 0 Å². The van der Waals surface area contributed by atoms with Gasteiger partial charge in [0.05, 0.1) is 6.26 Å². The summed E-state index contributed by atoms with van der Waals surface area (Å²) < 4.78 is 9.81. The maximum absolute atomic E-state index is 12.1. The molecule has 2 amide bonds.